The Balaban J connectivity index is 2.33. The molecule has 0 aliphatic rings. The molecule has 0 bridgehead atoms. The molecule has 0 aromatic heterocycles. The second-order valence-electron chi connectivity index (χ2n) is 7.29. The number of ketones is 1. The van der Waals surface area contributed by atoms with Crippen molar-refractivity contribution in [2.24, 2.45) is 0 Å². The van der Waals surface area contributed by atoms with Crippen LogP contribution in [0.1, 0.15) is 40.9 Å². The number of rotatable bonds is 8. The Hall–Kier alpha value is -3.06. The molecule has 0 aliphatic carbocycles. The van der Waals surface area contributed by atoms with Gasteiger partial charge in [-0.15, -0.1) is 0 Å². The Labute approximate surface area is 177 Å². The third kappa shape index (κ3) is 6.22. The summed E-state index contributed by atoms with van der Waals surface area (Å²) in [5.41, 5.74) is 2.58. The van der Waals surface area contributed by atoms with Crippen LogP contribution in [0.15, 0.2) is 48.1 Å². The monoisotopic (exact) mass is 430 g/mol. The fraction of sp³-hybridized carbons (Fsp3) is 0.261. The molecule has 30 heavy (non-hydrogen) atoms. The fourth-order valence-electron chi connectivity index (χ4n) is 2.86. The predicted molar refractivity (Wildman–Crippen MR) is 118 cm³/mol. The van der Waals surface area contributed by atoms with Crippen LogP contribution in [-0.4, -0.2) is 37.8 Å². The van der Waals surface area contributed by atoms with Crippen molar-refractivity contribution in [3.63, 3.8) is 0 Å². The maximum absolute atomic E-state index is 12.8. The summed E-state index contributed by atoms with van der Waals surface area (Å²) in [7, 11) is -1.77. The lowest BCUT2D eigenvalue weighted by Gasteiger charge is -2.13. The van der Waals surface area contributed by atoms with Gasteiger partial charge < -0.3 is 14.9 Å². The van der Waals surface area contributed by atoms with Gasteiger partial charge in [-0.05, 0) is 37.5 Å². The molecule has 0 saturated heterocycles. The van der Waals surface area contributed by atoms with Crippen LogP contribution >= 0.6 is 0 Å². The van der Waals surface area contributed by atoms with Crippen LogP contribution in [-0.2, 0) is 22.0 Å². The van der Waals surface area contributed by atoms with Gasteiger partial charge in [-0.3, -0.25) is 4.79 Å². The van der Waals surface area contributed by atoms with Crippen LogP contribution in [0.25, 0.3) is 6.08 Å². The van der Waals surface area contributed by atoms with Crippen molar-refractivity contribution in [1.29, 1.82) is 0 Å². The van der Waals surface area contributed by atoms with Crippen LogP contribution in [0.2, 0.25) is 0 Å². The zero-order chi connectivity index (χ0) is 22.5. The molecular formula is C23H26O6S. The quantitative estimate of drug-likeness (QED) is 0.372. The molecule has 0 aliphatic heterocycles. The molecule has 0 amide bonds. The van der Waals surface area contributed by atoms with Gasteiger partial charge in [0.25, 0.3) is 0 Å². The Kier molecular flexibility index (Phi) is 7.45. The molecule has 2 aromatic carbocycles. The van der Waals surface area contributed by atoms with Gasteiger partial charge in [-0.2, -0.15) is 0 Å². The summed E-state index contributed by atoms with van der Waals surface area (Å²) < 4.78 is 27.9. The SMILES string of the molecule is COc1cc(O)c(CC=C(C)C)c(O)c1C(=O)/C=C/c1ccc(CS(C)(=O)=O)cc1. The van der Waals surface area contributed by atoms with E-state index in [0.717, 1.165) is 5.57 Å². The molecule has 0 unspecified atom stereocenters. The zero-order valence-electron chi connectivity index (χ0n) is 17.5. The van der Waals surface area contributed by atoms with Crippen LogP contribution in [0.4, 0.5) is 0 Å². The van der Waals surface area contributed by atoms with Gasteiger partial charge in [0.15, 0.2) is 15.6 Å². The van der Waals surface area contributed by atoms with E-state index in [9.17, 15) is 23.4 Å². The number of benzene rings is 2. The van der Waals surface area contributed by atoms with Gasteiger partial charge in [0.2, 0.25) is 0 Å². The molecule has 0 spiro atoms. The van der Waals surface area contributed by atoms with E-state index in [4.69, 9.17) is 4.74 Å². The summed E-state index contributed by atoms with van der Waals surface area (Å²) in [5.74, 6) is -0.929. The molecule has 2 aromatic rings. The number of hydrogen-bond acceptors (Lipinski definition) is 6. The second-order valence-corrected chi connectivity index (χ2v) is 9.44. The minimum atomic E-state index is -3.12. The van der Waals surface area contributed by atoms with Crippen LogP contribution in [0, 0.1) is 0 Å². The summed E-state index contributed by atoms with van der Waals surface area (Å²) in [6, 6.07) is 8.09. The molecule has 160 valence electrons. The Bertz CT molecular complexity index is 1090. The van der Waals surface area contributed by atoms with Crippen molar-refractivity contribution in [2.75, 3.05) is 13.4 Å². The molecule has 7 heteroatoms. The number of carbonyl (C=O) groups is 1. The van der Waals surface area contributed by atoms with E-state index < -0.39 is 15.6 Å². The number of allylic oxidation sites excluding steroid dienone is 3. The van der Waals surface area contributed by atoms with E-state index in [0.29, 0.717) is 11.1 Å². The highest BCUT2D eigenvalue weighted by molar-refractivity contribution is 7.89. The van der Waals surface area contributed by atoms with E-state index in [1.807, 2.05) is 19.9 Å². The van der Waals surface area contributed by atoms with Crippen LogP contribution in [0.5, 0.6) is 17.2 Å². The number of ether oxygens (including phenoxy) is 1. The third-order valence-corrected chi connectivity index (χ3v) is 5.22. The lowest BCUT2D eigenvalue weighted by atomic mass is 9.99. The van der Waals surface area contributed by atoms with E-state index in [1.165, 1.54) is 25.5 Å². The number of methoxy groups -OCH3 is 1. The predicted octanol–water partition coefficient (Wildman–Crippen LogP) is 4.06. The number of aromatic hydroxyl groups is 2. The number of phenols is 2. The number of carbonyl (C=O) groups excluding carboxylic acids is 1. The first-order valence-corrected chi connectivity index (χ1v) is 11.3. The van der Waals surface area contributed by atoms with Crippen molar-refractivity contribution >= 4 is 21.7 Å². The Morgan fingerprint density at radius 3 is 2.30 bits per heavy atom. The average Bonchev–Trinajstić information content (AvgIpc) is 2.65. The Morgan fingerprint density at radius 1 is 1.13 bits per heavy atom. The first-order valence-electron chi connectivity index (χ1n) is 9.26. The van der Waals surface area contributed by atoms with Crippen molar-refractivity contribution in [3.8, 4) is 17.2 Å². The highest BCUT2D eigenvalue weighted by atomic mass is 32.2. The molecule has 0 atom stereocenters. The first-order chi connectivity index (χ1) is 14.0. The normalized spacial score (nSPS) is 11.5. The molecular weight excluding hydrogens is 404 g/mol. The molecule has 0 fully saturated rings. The fourth-order valence-corrected chi connectivity index (χ4v) is 3.66. The molecule has 0 radical (unpaired) electrons. The number of phenolic OH excluding ortho intramolecular Hbond substituents is 2. The van der Waals surface area contributed by atoms with Crippen molar-refractivity contribution in [1.82, 2.24) is 0 Å². The third-order valence-electron chi connectivity index (χ3n) is 4.36. The second kappa shape index (κ2) is 9.63. The van der Waals surface area contributed by atoms with Gasteiger partial charge in [0, 0.05) is 17.9 Å². The van der Waals surface area contributed by atoms with Gasteiger partial charge in [-0.25, -0.2) is 8.42 Å². The number of sulfone groups is 1. The molecule has 0 saturated carbocycles. The van der Waals surface area contributed by atoms with E-state index in [2.05, 4.69) is 0 Å². The average molecular weight is 431 g/mol. The highest BCUT2D eigenvalue weighted by Crippen LogP contribution is 2.39. The summed E-state index contributed by atoms with van der Waals surface area (Å²) >= 11 is 0. The van der Waals surface area contributed by atoms with Crippen LogP contribution < -0.4 is 4.74 Å². The zero-order valence-corrected chi connectivity index (χ0v) is 18.3. The lowest BCUT2D eigenvalue weighted by Crippen LogP contribution is -2.02. The summed E-state index contributed by atoms with van der Waals surface area (Å²) in [6.45, 7) is 3.79. The van der Waals surface area contributed by atoms with E-state index >= 15 is 0 Å². The Morgan fingerprint density at radius 2 is 1.77 bits per heavy atom. The smallest absolute Gasteiger partial charge is 0.193 e. The van der Waals surface area contributed by atoms with Crippen molar-refractivity contribution < 1.29 is 28.2 Å². The van der Waals surface area contributed by atoms with Crippen molar-refractivity contribution in [3.05, 3.63) is 70.3 Å². The molecule has 0 heterocycles. The summed E-state index contributed by atoms with van der Waals surface area (Å²) in [6.07, 6.45) is 6.14. The molecule has 2 N–H and O–H groups in total. The largest absolute Gasteiger partial charge is 0.507 e. The van der Waals surface area contributed by atoms with Gasteiger partial charge in [-0.1, -0.05) is 42.0 Å². The van der Waals surface area contributed by atoms with Gasteiger partial charge >= 0.3 is 0 Å². The van der Waals surface area contributed by atoms with Gasteiger partial charge in [0.05, 0.1) is 12.9 Å². The van der Waals surface area contributed by atoms with Crippen LogP contribution in [0.3, 0.4) is 0 Å². The summed E-state index contributed by atoms with van der Waals surface area (Å²) in [5, 5.41) is 20.8. The highest BCUT2D eigenvalue weighted by Gasteiger charge is 2.21. The summed E-state index contributed by atoms with van der Waals surface area (Å²) in [4.78, 5) is 12.8. The minimum absolute atomic E-state index is 0.0302. The topological polar surface area (TPSA) is 101 Å². The van der Waals surface area contributed by atoms with E-state index in [-0.39, 0.29) is 40.5 Å². The maximum Gasteiger partial charge on any atom is 0.193 e. The maximum atomic E-state index is 12.8. The molecule has 2 rings (SSSR count). The minimum Gasteiger partial charge on any atom is -0.507 e. The van der Waals surface area contributed by atoms with E-state index in [1.54, 1.807) is 30.3 Å². The first kappa shape index (κ1) is 23.2. The number of hydrogen-bond donors (Lipinski definition) is 2. The lowest BCUT2D eigenvalue weighted by molar-refractivity contribution is 0.104. The standard InChI is InChI=1S/C23H26O6S/c1-15(2)5-11-18-20(25)13-21(29-3)22(23(18)26)19(24)12-10-16-6-8-17(9-7-16)14-30(4,27)28/h5-10,12-13,25-26H,11,14H2,1-4H3/b12-10+. The van der Waals surface area contributed by atoms with Gasteiger partial charge in [0.1, 0.15) is 22.8 Å². The molecule has 6 nitrogen and oxygen atoms in total. The van der Waals surface area contributed by atoms with Crippen molar-refractivity contribution in [2.45, 2.75) is 26.0 Å².